The molecule has 0 aliphatic rings. The molecule has 0 N–H and O–H groups in total. The molecular weight excluding hydrogens is 416 g/mol. The van der Waals surface area contributed by atoms with Crippen LogP contribution in [-0.2, 0) is 12.3 Å². The Labute approximate surface area is 191 Å². The molecule has 0 bridgehead atoms. The third-order valence-electron chi connectivity index (χ3n) is 5.10. The van der Waals surface area contributed by atoms with E-state index in [1.54, 1.807) is 11.8 Å². The van der Waals surface area contributed by atoms with Gasteiger partial charge >= 0.3 is 0 Å². The molecule has 0 spiro atoms. The van der Waals surface area contributed by atoms with Gasteiger partial charge < -0.3 is 9.09 Å². The van der Waals surface area contributed by atoms with Crippen molar-refractivity contribution < 1.29 is 4.52 Å². The minimum absolute atomic E-state index is 0.565. The number of nitrogens with zero attached hydrogens (tertiary/aromatic N) is 4. The van der Waals surface area contributed by atoms with E-state index >= 15 is 0 Å². The van der Waals surface area contributed by atoms with Gasteiger partial charge in [0.15, 0.2) is 11.0 Å². The van der Waals surface area contributed by atoms with Crippen molar-refractivity contribution in [3.8, 4) is 22.5 Å². The van der Waals surface area contributed by atoms with Gasteiger partial charge in [-0.25, -0.2) is 4.98 Å². The maximum atomic E-state index is 5.33. The van der Waals surface area contributed by atoms with Crippen LogP contribution in [-0.4, -0.2) is 19.7 Å². The van der Waals surface area contributed by atoms with Crippen LogP contribution in [0.5, 0.6) is 0 Å². The lowest BCUT2D eigenvalue weighted by Crippen LogP contribution is -2.04. The van der Waals surface area contributed by atoms with E-state index in [4.69, 9.17) is 9.51 Å². The fourth-order valence-electron chi connectivity index (χ4n) is 3.67. The smallest absolute Gasteiger partial charge is 0.237 e. The molecular formula is C26H22N4OS. The van der Waals surface area contributed by atoms with Gasteiger partial charge in [0.05, 0.1) is 23.7 Å². The molecule has 3 aromatic carbocycles. The Morgan fingerprint density at radius 3 is 2.03 bits per heavy atom. The average Bonchev–Trinajstić information content (AvgIpc) is 3.42. The summed E-state index contributed by atoms with van der Waals surface area (Å²) < 4.78 is 7.62. The van der Waals surface area contributed by atoms with Gasteiger partial charge in [-0.05, 0) is 12.5 Å². The number of hydrogen-bond acceptors (Lipinski definition) is 5. The molecule has 0 atom stereocenters. The fraction of sp³-hybridized carbons (Fsp3) is 0.115. The molecule has 2 heterocycles. The predicted molar refractivity (Wildman–Crippen MR) is 127 cm³/mol. The summed E-state index contributed by atoms with van der Waals surface area (Å²) in [6.45, 7) is 2.55. The second-order valence-corrected chi connectivity index (χ2v) is 8.36. The molecule has 0 aliphatic carbocycles. The van der Waals surface area contributed by atoms with Crippen LogP contribution in [0.25, 0.3) is 22.5 Å². The molecule has 0 fully saturated rings. The van der Waals surface area contributed by atoms with Gasteiger partial charge in [0.1, 0.15) is 0 Å². The van der Waals surface area contributed by atoms with E-state index in [2.05, 4.69) is 75.4 Å². The highest BCUT2D eigenvalue weighted by atomic mass is 32.2. The average molecular weight is 439 g/mol. The molecule has 5 aromatic rings. The largest absolute Gasteiger partial charge is 0.338 e. The first-order chi connectivity index (χ1) is 15.8. The SMILES string of the molecule is Cc1noc(CSc2nc(-c3ccccc3)c(-c3ccccc3)n2Cc2ccccc2)n1. The first kappa shape index (κ1) is 20.3. The summed E-state index contributed by atoms with van der Waals surface area (Å²) in [6, 6.07) is 31.3. The molecule has 6 heteroatoms. The molecule has 0 saturated carbocycles. The van der Waals surface area contributed by atoms with E-state index in [1.165, 1.54) is 5.56 Å². The summed E-state index contributed by atoms with van der Waals surface area (Å²) in [5.74, 6) is 1.81. The van der Waals surface area contributed by atoms with Gasteiger partial charge in [-0.3, -0.25) is 0 Å². The normalized spacial score (nSPS) is 11.0. The van der Waals surface area contributed by atoms with Crippen molar-refractivity contribution in [3.05, 3.63) is 108 Å². The highest BCUT2D eigenvalue weighted by Crippen LogP contribution is 2.37. The maximum Gasteiger partial charge on any atom is 0.237 e. The van der Waals surface area contributed by atoms with Gasteiger partial charge in [-0.15, -0.1) is 0 Å². The Morgan fingerprint density at radius 2 is 1.41 bits per heavy atom. The number of aromatic nitrogens is 4. The second kappa shape index (κ2) is 9.24. The van der Waals surface area contributed by atoms with Crippen LogP contribution in [0.1, 0.15) is 17.3 Å². The lowest BCUT2D eigenvalue weighted by molar-refractivity contribution is 0.387. The van der Waals surface area contributed by atoms with Gasteiger partial charge in [0, 0.05) is 11.1 Å². The van der Waals surface area contributed by atoms with Crippen LogP contribution in [0, 0.1) is 6.92 Å². The molecule has 0 unspecified atom stereocenters. The van der Waals surface area contributed by atoms with E-state index in [1.807, 2.05) is 37.3 Å². The Hall–Kier alpha value is -3.64. The molecule has 0 radical (unpaired) electrons. The minimum Gasteiger partial charge on any atom is -0.338 e. The van der Waals surface area contributed by atoms with Crippen molar-refractivity contribution in [2.45, 2.75) is 24.4 Å². The summed E-state index contributed by atoms with van der Waals surface area (Å²) in [6.07, 6.45) is 0. The second-order valence-electron chi connectivity index (χ2n) is 7.42. The molecule has 0 amide bonds. The third kappa shape index (κ3) is 4.36. The van der Waals surface area contributed by atoms with Crippen LogP contribution < -0.4 is 0 Å². The summed E-state index contributed by atoms with van der Waals surface area (Å²) in [4.78, 5) is 9.46. The quantitative estimate of drug-likeness (QED) is 0.281. The zero-order valence-electron chi connectivity index (χ0n) is 17.7. The molecule has 158 valence electrons. The summed E-state index contributed by atoms with van der Waals surface area (Å²) in [7, 11) is 0. The van der Waals surface area contributed by atoms with E-state index < -0.39 is 0 Å². The zero-order chi connectivity index (χ0) is 21.8. The first-order valence-electron chi connectivity index (χ1n) is 10.5. The maximum absolute atomic E-state index is 5.33. The number of thioether (sulfide) groups is 1. The summed E-state index contributed by atoms with van der Waals surface area (Å²) in [5, 5.41) is 4.83. The Kier molecular flexibility index (Phi) is 5.85. The monoisotopic (exact) mass is 438 g/mol. The minimum atomic E-state index is 0.565. The summed E-state index contributed by atoms with van der Waals surface area (Å²) in [5.41, 5.74) is 5.52. The van der Waals surface area contributed by atoms with Crippen molar-refractivity contribution >= 4 is 11.8 Å². The molecule has 2 aromatic heterocycles. The molecule has 32 heavy (non-hydrogen) atoms. The predicted octanol–water partition coefficient (Wildman–Crippen LogP) is 6.25. The van der Waals surface area contributed by atoms with Crippen molar-refractivity contribution in [2.75, 3.05) is 0 Å². The van der Waals surface area contributed by atoms with Crippen molar-refractivity contribution in [1.29, 1.82) is 0 Å². The number of hydrogen-bond donors (Lipinski definition) is 0. The van der Waals surface area contributed by atoms with E-state index in [0.717, 1.165) is 34.2 Å². The highest BCUT2D eigenvalue weighted by Gasteiger charge is 2.21. The van der Waals surface area contributed by atoms with Crippen molar-refractivity contribution in [2.24, 2.45) is 0 Å². The lowest BCUT2D eigenvalue weighted by atomic mass is 10.0. The van der Waals surface area contributed by atoms with Crippen LogP contribution in [0.2, 0.25) is 0 Å². The fourth-order valence-corrected chi connectivity index (χ4v) is 4.50. The highest BCUT2D eigenvalue weighted by molar-refractivity contribution is 7.98. The zero-order valence-corrected chi connectivity index (χ0v) is 18.5. The van der Waals surface area contributed by atoms with E-state index in [-0.39, 0.29) is 0 Å². The van der Waals surface area contributed by atoms with E-state index in [0.29, 0.717) is 17.5 Å². The molecule has 5 nitrogen and oxygen atoms in total. The third-order valence-corrected chi connectivity index (χ3v) is 6.07. The van der Waals surface area contributed by atoms with Crippen LogP contribution in [0.3, 0.4) is 0 Å². The molecule has 5 rings (SSSR count). The summed E-state index contributed by atoms with van der Waals surface area (Å²) >= 11 is 1.61. The molecule has 0 saturated heterocycles. The molecule has 0 aliphatic heterocycles. The van der Waals surface area contributed by atoms with Gasteiger partial charge in [-0.1, -0.05) is 108 Å². The Morgan fingerprint density at radius 1 is 0.781 bits per heavy atom. The number of benzene rings is 3. The van der Waals surface area contributed by atoms with Crippen molar-refractivity contribution in [3.63, 3.8) is 0 Å². The van der Waals surface area contributed by atoms with Crippen LogP contribution in [0.4, 0.5) is 0 Å². The standard InChI is InChI=1S/C26H22N4OS/c1-19-27-23(31-29-19)18-32-26-28-24(21-13-7-3-8-14-21)25(22-15-9-4-10-16-22)30(26)17-20-11-5-2-6-12-20/h2-16H,17-18H2,1H3. The number of aryl methyl sites for hydroxylation is 1. The Bertz CT molecular complexity index is 1300. The number of imidazole rings is 1. The topological polar surface area (TPSA) is 56.7 Å². The van der Waals surface area contributed by atoms with Crippen LogP contribution in [0.15, 0.2) is 101 Å². The first-order valence-corrected chi connectivity index (χ1v) is 11.4. The number of rotatable bonds is 7. The van der Waals surface area contributed by atoms with Gasteiger partial charge in [-0.2, -0.15) is 4.98 Å². The van der Waals surface area contributed by atoms with Crippen molar-refractivity contribution in [1.82, 2.24) is 19.7 Å². The lowest BCUT2D eigenvalue weighted by Gasteiger charge is -2.13. The van der Waals surface area contributed by atoms with E-state index in [9.17, 15) is 0 Å². The van der Waals surface area contributed by atoms with Crippen LogP contribution >= 0.6 is 11.8 Å². The van der Waals surface area contributed by atoms with Gasteiger partial charge in [0.25, 0.3) is 0 Å². The Balaban J connectivity index is 1.64. The van der Waals surface area contributed by atoms with Gasteiger partial charge in [0.2, 0.25) is 5.89 Å².